The molecule has 0 radical (unpaired) electrons. The molecular weight excluding hydrogens is 473 g/mol. The molecule has 0 bridgehead atoms. The third-order valence-electron chi connectivity index (χ3n) is 5.33. The summed E-state index contributed by atoms with van der Waals surface area (Å²) in [7, 11) is -4.06. The molecule has 1 aromatic heterocycles. The van der Waals surface area contributed by atoms with Crippen molar-refractivity contribution in [3.8, 4) is 0 Å². The van der Waals surface area contributed by atoms with Crippen LogP contribution in [0, 0.1) is 5.82 Å². The summed E-state index contributed by atoms with van der Waals surface area (Å²) in [6.45, 7) is 8.85. The molecule has 2 aromatic carbocycles. The number of nitrogens with zero attached hydrogens (tertiary/aromatic N) is 1. The van der Waals surface area contributed by atoms with Crippen LogP contribution in [0.1, 0.15) is 75.1 Å². The first-order valence-electron chi connectivity index (χ1n) is 11.3. The molecule has 0 saturated heterocycles. The van der Waals surface area contributed by atoms with E-state index in [0.29, 0.717) is 21.0 Å². The van der Waals surface area contributed by atoms with Gasteiger partial charge in [0.25, 0.3) is 0 Å². The first-order valence-corrected chi connectivity index (χ1v) is 13.2. The fourth-order valence-corrected chi connectivity index (χ4v) is 4.66. The molecule has 1 heterocycles. The Labute approximate surface area is 204 Å². The highest BCUT2D eigenvalue weighted by molar-refractivity contribution is 7.92. The molecule has 0 saturated carbocycles. The number of halogens is 1. The highest BCUT2D eigenvalue weighted by Crippen LogP contribution is 2.37. The monoisotopic (exact) mass is 503 g/mol. The van der Waals surface area contributed by atoms with Crippen LogP contribution in [0.5, 0.6) is 0 Å². The van der Waals surface area contributed by atoms with Crippen LogP contribution in [0.25, 0.3) is 11.0 Å². The van der Waals surface area contributed by atoms with E-state index in [4.69, 9.17) is 9.15 Å². The minimum Gasteiger partial charge on any atom is -0.460 e. The van der Waals surface area contributed by atoms with Gasteiger partial charge < -0.3 is 9.15 Å². The molecule has 0 fully saturated rings. The highest BCUT2D eigenvalue weighted by atomic mass is 32.2. The SMILES string of the molecule is CCCC(C)c1oc2ccc(N(C(=O)OC(C)(C)C)S(C)(=O)=O)cc2c1C(=O)c1ccc(F)cc1. The zero-order valence-electron chi connectivity index (χ0n) is 20.7. The molecule has 1 atom stereocenters. The van der Waals surface area contributed by atoms with Crippen LogP contribution in [0.15, 0.2) is 46.9 Å². The van der Waals surface area contributed by atoms with Gasteiger partial charge in [-0.1, -0.05) is 20.3 Å². The first-order chi connectivity index (χ1) is 16.2. The van der Waals surface area contributed by atoms with E-state index in [9.17, 15) is 22.4 Å². The molecule has 0 aliphatic heterocycles. The maximum atomic E-state index is 13.6. The summed E-state index contributed by atoms with van der Waals surface area (Å²) >= 11 is 0. The van der Waals surface area contributed by atoms with Gasteiger partial charge in [-0.05, 0) is 69.7 Å². The first kappa shape index (κ1) is 26.4. The average Bonchev–Trinajstić information content (AvgIpc) is 3.10. The third-order valence-corrected chi connectivity index (χ3v) is 6.35. The fraction of sp³-hybridized carbons (Fsp3) is 0.385. The van der Waals surface area contributed by atoms with Gasteiger partial charge >= 0.3 is 6.09 Å². The average molecular weight is 504 g/mol. The Kier molecular flexibility index (Phi) is 7.40. The molecule has 1 amide bonds. The number of amides is 1. The van der Waals surface area contributed by atoms with Gasteiger partial charge in [0.15, 0.2) is 5.78 Å². The minimum absolute atomic E-state index is 0.0119. The van der Waals surface area contributed by atoms with Crippen LogP contribution in [0.4, 0.5) is 14.9 Å². The van der Waals surface area contributed by atoms with Gasteiger partial charge in [0, 0.05) is 16.9 Å². The van der Waals surface area contributed by atoms with Crippen LogP contribution < -0.4 is 4.31 Å². The van der Waals surface area contributed by atoms with E-state index < -0.39 is 27.5 Å². The van der Waals surface area contributed by atoms with Gasteiger partial charge in [-0.2, -0.15) is 4.31 Å². The maximum absolute atomic E-state index is 13.6. The number of hydrogen-bond donors (Lipinski definition) is 0. The second kappa shape index (κ2) is 9.81. The van der Waals surface area contributed by atoms with E-state index in [0.717, 1.165) is 19.1 Å². The lowest BCUT2D eigenvalue weighted by Gasteiger charge is -2.25. The van der Waals surface area contributed by atoms with E-state index in [1.165, 1.54) is 42.5 Å². The van der Waals surface area contributed by atoms with Crippen LogP contribution in [-0.2, 0) is 14.8 Å². The summed E-state index contributed by atoms with van der Waals surface area (Å²) in [6.07, 6.45) is 1.45. The zero-order valence-corrected chi connectivity index (χ0v) is 21.5. The molecule has 3 aromatic rings. The topological polar surface area (TPSA) is 93.9 Å². The molecule has 9 heteroatoms. The van der Waals surface area contributed by atoms with Crippen molar-refractivity contribution in [2.45, 2.75) is 59.0 Å². The highest BCUT2D eigenvalue weighted by Gasteiger charge is 2.32. The molecule has 0 N–H and O–H groups in total. The smallest absolute Gasteiger partial charge is 0.428 e. The Morgan fingerprint density at radius 2 is 1.74 bits per heavy atom. The predicted octanol–water partition coefficient (Wildman–Crippen LogP) is 6.41. The Morgan fingerprint density at radius 1 is 1.11 bits per heavy atom. The van der Waals surface area contributed by atoms with Crippen molar-refractivity contribution in [2.75, 3.05) is 10.6 Å². The van der Waals surface area contributed by atoms with Gasteiger partial charge in [0.1, 0.15) is 22.8 Å². The van der Waals surface area contributed by atoms with E-state index in [-0.39, 0.29) is 28.5 Å². The second-order valence-electron chi connectivity index (χ2n) is 9.56. The molecule has 35 heavy (non-hydrogen) atoms. The summed E-state index contributed by atoms with van der Waals surface area (Å²) in [5, 5.41) is 0.354. The number of carbonyl (C=O) groups excluding carboxylic acids is 2. The fourth-order valence-electron chi connectivity index (χ4n) is 3.86. The standard InChI is InChI=1S/C26H30FNO6S/c1-7-8-16(2)24-22(23(29)17-9-11-18(27)12-10-17)20-15-19(13-14-21(20)33-24)28(35(6,31)32)25(30)34-26(3,4)5/h9-16H,7-8H2,1-6H3. The second-order valence-corrected chi connectivity index (χ2v) is 11.4. The number of ketones is 1. The number of carbonyl (C=O) groups is 2. The number of hydrogen-bond acceptors (Lipinski definition) is 6. The summed E-state index contributed by atoms with van der Waals surface area (Å²) in [6, 6.07) is 9.56. The van der Waals surface area contributed by atoms with Crippen LogP contribution in [0.3, 0.4) is 0 Å². The molecule has 1 unspecified atom stereocenters. The predicted molar refractivity (Wildman–Crippen MR) is 133 cm³/mol. The van der Waals surface area contributed by atoms with Gasteiger partial charge in [0.2, 0.25) is 10.0 Å². The van der Waals surface area contributed by atoms with E-state index >= 15 is 0 Å². The molecular formula is C26H30FNO6S. The number of benzene rings is 2. The lowest BCUT2D eigenvalue weighted by molar-refractivity contribution is 0.0609. The number of furan rings is 1. The van der Waals surface area contributed by atoms with Crippen molar-refractivity contribution in [2.24, 2.45) is 0 Å². The van der Waals surface area contributed by atoms with Gasteiger partial charge in [0.05, 0.1) is 17.5 Å². The van der Waals surface area contributed by atoms with Crippen LogP contribution in [0.2, 0.25) is 0 Å². The van der Waals surface area contributed by atoms with Gasteiger partial charge in [-0.25, -0.2) is 17.6 Å². The number of fused-ring (bicyclic) bond motifs is 1. The van der Waals surface area contributed by atoms with Crippen LogP contribution >= 0.6 is 0 Å². The number of sulfonamides is 1. The molecule has 3 rings (SSSR count). The van der Waals surface area contributed by atoms with Crippen molar-refractivity contribution in [3.05, 3.63) is 65.2 Å². The number of anilines is 1. The van der Waals surface area contributed by atoms with Crippen LogP contribution in [-0.4, -0.2) is 32.2 Å². The quantitative estimate of drug-likeness (QED) is 0.346. The van der Waals surface area contributed by atoms with Gasteiger partial charge in [-0.3, -0.25) is 4.79 Å². The summed E-state index contributed by atoms with van der Waals surface area (Å²) in [5.41, 5.74) is -0.0250. The van der Waals surface area contributed by atoms with Crippen molar-refractivity contribution in [3.63, 3.8) is 0 Å². The molecule has 0 aliphatic carbocycles. The Morgan fingerprint density at radius 3 is 2.29 bits per heavy atom. The molecule has 188 valence electrons. The summed E-state index contributed by atoms with van der Waals surface area (Å²) in [5.74, 6) is -0.507. The van der Waals surface area contributed by atoms with E-state index in [1.54, 1.807) is 20.8 Å². The largest absolute Gasteiger partial charge is 0.460 e. The lowest BCUT2D eigenvalue weighted by Crippen LogP contribution is -2.40. The molecule has 0 aliphatic rings. The van der Waals surface area contributed by atoms with Crippen molar-refractivity contribution in [1.82, 2.24) is 0 Å². The summed E-state index contributed by atoms with van der Waals surface area (Å²) in [4.78, 5) is 26.4. The summed E-state index contributed by atoms with van der Waals surface area (Å²) < 4.78 is 50.5. The van der Waals surface area contributed by atoms with Crippen molar-refractivity contribution in [1.29, 1.82) is 0 Å². The Hall–Kier alpha value is -3.20. The van der Waals surface area contributed by atoms with Crippen molar-refractivity contribution >= 4 is 38.6 Å². The number of rotatable bonds is 7. The number of ether oxygens (including phenoxy) is 1. The normalized spacial score (nSPS) is 13.0. The lowest BCUT2D eigenvalue weighted by atomic mass is 9.93. The maximum Gasteiger partial charge on any atom is 0.428 e. The molecule has 7 nitrogen and oxygen atoms in total. The minimum atomic E-state index is -4.06. The Balaban J connectivity index is 2.24. The molecule has 0 spiro atoms. The van der Waals surface area contributed by atoms with Gasteiger partial charge in [-0.15, -0.1) is 0 Å². The van der Waals surface area contributed by atoms with E-state index in [1.807, 2.05) is 13.8 Å². The third kappa shape index (κ3) is 5.90. The van der Waals surface area contributed by atoms with Crippen molar-refractivity contribution < 1.29 is 31.6 Å². The Bertz CT molecular complexity index is 1350. The van der Waals surface area contributed by atoms with E-state index in [2.05, 4.69) is 0 Å². The zero-order chi connectivity index (χ0) is 26.1.